The summed E-state index contributed by atoms with van der Waals surface area (Å²) >= 11 is 0. The average Bonchev–Trinajstić information content (AvgIpc) is 3.84. The van der Waals surface area contributed by atoms with Gasteiger partial charge in [-0.3, -0.25) is 28.5 Å². The van der Waals surface area contributed by atoms with Crippen LogP contribution >= 0.6 is 0 Å². The Morgan fingerprint density at radius 2 is 1.39 bits per heavy atom. The van der Waals surface area contributed by atoms with Gasteiger partial charge >= 0.3 is 12.1 Å². The zero-order valence-electron chi connectivity index (χ0n) is 30.4. The Hall–Kier alpha value is -7.80. The monoisotopic (exact) mass is 766 g/mol. The van der Waals surface area contributed by atoms with Gasteiger partial charge in [0.05, 0.1) is 47.8 Å². The van der Waals surface area contributed by atoms with Crippen molar-refractivity contribution in [3.8, 4) is 51.1 Å². The summed E-state index contributed by atoms with van der Waals surface area (Å²) in [6.45, 7) is 3.64. The number of aromatic nitrogens is 8. The molecule has 0 bridgehead atoms. The third-order valence-corrected chi connectivity index (χ3v) is 8.78. The van der Waals surface area contributed by atoms with E-state index in [1.807, 2.05) is 31.2 Å². The standard InChI is InChI=1S/C21H15N5O2.C20H14F3N5O/c1-13-4-3-5-17(25-13)20-19(16(8-9-23-20)21(27)28-2)14-6-7-18-24-11-15(10-22)26(18)12-14;1-11-3-2-4-14(26-11)18-13(6-7-16(27-18)20(21,22)23)12-5-8-17-25-9-15(19(24)29)28(17)10-12/h3-9,11-12H,1-2H3;2-10H,1H3,(H2,24,29). The van der Waals surface area contributed by atoms with E-state index >= 15 is 0 Å². The Labute approximate surface area is 321 Å². The number of hydrogen-bond acceptors (Lipinski definition) is 10. The van der Waals surface area contributed by atoms with Crippen molar-refractivity contribution in [2.24, 2.45) is 5.73 Å². The number of nitriles is 1. The van der Waals surface area contributed by atoms with Crippen molar-refractivity contribution >= 4 is 23.2 Å². The third-order valence-electron chi connectivity index (χ3n) is 8.78. The van der Waals surface area contributed by atoms with E-state index in [1.165, 1.54) is 30.0 Å². The number of carbonyl (C=O) groups is 2. The predicted molar refractivity (Wildman–Crippen MR) is 202 cm³/mol. The van der Waals surface area contributed by atoms with E-state index in [9.17, 15) is 28.0 Å². The second kappa shape index (κ2) is 15.1. The van der Waals surface area contributed by atoms with Gasteiger partial charge in [0.15, 0.2) is 0 Å². The highest BCUT2D eigenvalue weighted by molar-refractivity contribution is 6.01. The molecule has 8 aromatic rings. The van der Waals surface area contributed by atoms with Crippen LogP contribution in [0.2, 0.25) is 0 Å². The minimum Gasteiger partial charge on any atom is -0.465 e. The van der Waals surface area contributed by atoms with Crippen molar-refractivity contribution in [3.63, 3.8) is 0 Å². The summed E-state index contributed by atoms with van der Waals surface area (Å²) in [4.78, 5) is 49.6. The van der Waals surface area contributed by atoms with Crippen LogP contribution in [0.4, 0.5) is 13.2 Å². The molecule has 0 aliphatic rings. The van der Waals surface area contributed by atoms with Crippen LogP contribution in [0.3, 0.4) is 0 Å². The first-order chi connectivity index (χ1) is 27.4. The largest absolute Gasteiger partial charge is 0.465 e. The number of halogens is 3. The van der Waals surface area contributed by atoms with Crippen LogP contribution in [0.5, 0.6) is 0 Å². The number of aryl methyl sites for hydroxylation is 2. The van der Waals surface area contributed by atoms with E-state index in [4.69, 9.17) is 10.5 Å². The van der Waals surface area contributed by atoms with Gasteiger partial charge in [-0.25, -0.2) is 19.7 Å². The first-order valence-electron chi connectivity index (χ1n) is 17.0. The molecule has 0 saturated heterocycles. The molecule has 13 nitrogen and oxygen atoms in total. The molecule has 8 aromatic heterocycles. The summed E-state index contributed by atoms with van der Waals surface area (Å²) in [6.07, 6.45) is 3.17. The first kappa shape index (κ1) is 37.5. The number of methoxy groups -OCH3 is 1. The number of nitrogens with zero attached hydrogens (tertiary/aromatic N) is 9. The van der Waals surface area contributed by atoms with E-state index in [0.29, 0.717) is 67.6 Å². The molecule has 0 saturated carbocycles. The van der Waals surface area contributed by atoms with Crippen molar-refractivity contribution in [1.82, 2.24) is 38.7 Å². The van der Waals surface area contributed by atoms with Crippen molar-refractivity contribution < 1.29 is 27.5 Å². The van der Waals surface area contributed by atoms with Crippen LogP contribution in [0.15, 0.2) is 110 Å². The number of esters is 1. The Kier molecular flexibility index (Phi) is 9.97. The minimum absolute atomic E-state index is 0.0867. The van der Waals surface area contributed by atoms with Gasteiger partial charge in [-0.05, 0) is 80.6 Å². The number of primary amides is 1. The smallest absolute Gasteiger partial charge is 0.433 e. The van der Waals surface area contributed by atoms with E-state index < -0.39 is 23.7 Å². The van der Waals surface area contributed by atoms with Gasteiger partial charge in [0.2, 0.25) is 0 Å². The van der Waals surface area contributed by atoms with Crippen molar-refractivity contribution in [3.05, 3.63) is 144 Å². The Morgan fingerprint density at radius 1 is 0.754 bits per heavy atom. The van der Waals surface area contributed by atoms with Gasteiger partial charge in [-0.1, -0.05) is 12.1 Å². The van der Waals surface area contributed by atoms with Crippen molar-refractivity contribution in [2.45, 2.75) is 20.0 Å². The van der Waals surface area contributed by atoms with Crippen LogP contribution in [0.1, 0.15) is 43.6 Å². The lowest BCUT2D eigenvalue weighted by Gasteiger charge is -2.13. The number of nitrogens with two attached hydrogens (primary N) is 1. The molecule has 0 aliphatic carbocycles. The second-order valence-electron chi connectivity index (χ2n) is 12.5. The number of pyridine rings is 6. The van der Waals surface area contributed by atoms with Crippen LogP contribution in [-0.2, 0) is 10.9 Å². The van der Waals surface area contributed by atoms with E-state index in [1.54, 1.807) is 72.4 Å². The Balaban J connectivity index is 0.000000174. The maximum Gasteiger partial charge on any atom is 0.433 e. The normalized spacial score (nSPS) is 11.2. The first-order valence-corrected chi connectivity index (χ1v) is 17.0. The van der Waals surface area contributed by atoms with E-state index in [2.05, 4.69) is 36.0 Å². The minimum atomic E-state index is -4.59. The highest BCUT2D eigenvalue weighted by Crippen LogP contribution is 2.36. The topological polar surface area (TPSA) is 179 Å². The molecular formula is C41H29F3N10O3. The zero-order valence-corrected chi connectivity index (χ0v) is 30.4. The van der Waals surface area contributed by atoms with Gasteiger partial charge in [-0.15, -0.1) is 0 Å². The van der Waals surface area contributed by atoms with Crippen LogP contribution in [0, 0.1) is 25.2 Å². The zero-order chi connectivity index (χ0) is 40.4. The highest BCUT2D eigenvalue weighted by Gasteiger charge is 2.33. The SMILES string of the molecule is COC(=O)c1ccnc(-c2cccc(C)n2)c1-c1ccc2ncc(C#N)n2c1.Cc1cccc(-c2nc(C(F)(F)F)ccc2-c2ccc3ncc(C(N)=O)n3c2)n1. The summed E-state index contributed by atoms with van der Waals surface area (Å²) in [6, 6.07) is 23.6. The quantitative estimate of drug-likeness (QED) is 0.169. The van der Waals surface area contributed by atoms with Gasteiger partial charge in [0, 0.05) is 52.2 Å². The molecule has 8 heterocycles. The summed E-state index contributed by atoms with van der Waals surface area (Å²) in [7, 11) is 1.34. The molecule has 0 radical (unpaired) electrons. The molecule has 0 aromatic carbocycles. The summed E-state index contributed by atoms with van der Waals surface area (Å²) in [5.74, 6) is -1.14. The molecule has 282 valence electrons. The number of rotatable bonds is 6. The molecular weight excluding hydrogens is 738 g/mol. The van der Waals surface area contributed by atoms with Gasteiger partial charge in [-0.2, -0.15) is 18.4 Å². The lowest BCUT2D eigenvalue weighted by molar-refractivity contribution is -0.141. The Morgan fingerprint density at radius 3 is 2.02 bits per heavy atom. The average molecular weight is 767 g/mol. The number of hydrogen-bond donors (Lipinski definition) is 1. The molecule has 0 unspecified atom stereocenters. The number of ether oxygens (including phenoxy) is 1. The summed E-state index contributed by atoms with van der Waals surface area (Å²) in [5, 5.41) is 9.32. The summed E-state index contributed by atoms with van der Waals surface area (Å²) < 4.78 is 47.9. The third kappa shape index (κ3) is 7.49. The molecule has 1 amide bonds. The molecule has 57 heavy (non-hydrogen) atoms. The van der Waals surface area contributed by atoms with Crippen molar-refractivity contribution in [1.29, 1.82) is 5.26 Å². The molecule has 0 spiro atoms. The number of alkyl halides is 3. The maximum absolute atomic E-state index is 13.3. The number of imidazole rings is 2. The van der Waals surface area contributed by atoms with Gasteiger partial charge < -0.3 is 10.5 Å². The van der Waals surface area contributed by atoms with E-state index in [-0.39, 0.29) is 11.4 Å². The lowest BCUT2D eigenvalue weighted by atomic mass is 9.97. The molecule has 2 N–H and O–H groups in total. The maximum atomic E-state index is 13.3. The molecule has 0 atom stereocenters. The van der Waals surface area contributed by atoms with Crippen molar-refractivity contribution in [2.75, 3.05) is 7.11 Å². The fraction of sp³-hybridized carbons (Fsp3) is 0.0976. The second-order valence-corrected chi connectivity index (χ2v) is 12.5. The van der Waals surface area contributed by atoms with Crippen LogP contribution in [-0.4, -0.2) is 57.7 Å². The molecule has 8 rings (SSSR count). The highest BCUT2D eigenvalue weighted by atomic mass is 19.4. The van der Waals surface area contributed by atoms with Crippen LogP contribution in [0.25, 0.3) is 56.3 Å². The van der Waals surface area contributed by atoms with Gasteiger partial charge in [0.1, 0.15) is 34.4 Å². The number of fused-ring (bicyclic) bond motifs is 2. The number of amides is 1. The number of carbonyl (C=O) groups excluding carboxylic acids is 2. The summed E-state index contributed by atoms with van der Waals surface area (Å²) in [5.41, 5.74) is 11.8. The fourth-order valence-electron chi connectivity index (χ4n) is 6.16. The fourth-order valence-corrected chi connectivity index (χ4v) is 6.16. The van der Waals surface area contributed by atoms with E-state index in [0.717, 1.165) is 11.8 Å². The predicted octanol–water partition coefficient (Wildman–Crippen LogP) is 7.31. The van der Waals surface area contributed by atoms with Crippen LogP contribution < -0.4 is 5.73 Å². The van der Waals surface area contributed by atoms with Gasteiger partial charge in [0.25, 0.3) is 5.91 Å². The Bertz CT molecular complexity index is 2900. The molecule has 0 aliphatic heterocycles. The molecule has 0 fully saturated rings. The lowest BCUT2D eigenvalue weighted by Crippen LogP contribution is -2.13. The molecule has 16 heteroatoms.